The van der Waals surface area contributed by atoms with Crippen molar-refractivity contribution in [2.24, 2.45) is 4.99 Å². The maximum Gasteiger partial charge on any atom is 0.331 e. The van der Waals surface area contributed by atoms with E-state index < -0.39 is 17.8 Å². The van der Waals surface area contributed by atoms with Gasteiger partial charge in [-0.25, -0.2) is 4.79 Å². The smallest absolute Gasteiger partial charge is 0.331 e. The Bertz CT molecular complexity index is 1150. The number of esters is 1. The lowest BCUT2D eigenvalue weighted by Gasteiger charge is -2.15. The Morgan fingerprint density at radius 3 is 2.50 bits per heavy atom. The summed E-state index contributed by atoms with van der Waals surface area (Å²) >= 11 is 12.8. The molecule has 0 aromatic heterocycles. The van der Waals surface area contributed by atoms with Gasteiger partial charge in [0.1, 0.15) is 0 Å². The number of carbonyl (C=O) groups is 3. The van der Waals surface area contributed by atoms with Gasteiger partial charge in [0.05, 0.1) is 39.9 Å². The molecule has 0 aliphatic carbocycles. The SMILES string of the molecule is COC(=O)C=C1SC(=NC(=O)c2ccc(Cl)cc2Cl)N(c2ccc(C#N)cc2)C1=O. The second-order valence-corrected chi connectivity index (χ2v) is 7.61. The molecule has 1 aliphatic rings. The summed E-state index contributed by atoms with van der Waals surface area (Å²) in [6.45, 7) is 0. The molecule has 0 atom stereocenters. The summed E-state index contributed by atoms with van der Waals surface area (Å²) in [6.07, 6.45) is 1.02. The number of halogens is 2. The number of amidine groups is 1. The van der Waals surface area contributed by atoms with Gasteiger partial charge < -0.3 is 4.74 Å². The van der Waals surface area contributed by atoms with E-state index in [4.69, 9.17) is 28.5 Å². The fraction of sp³-hybridized carbons (Fsp3) is 0.0500. The summed E-state index contributed by atoms with van der Waals surface area (Å²) < 4.78 is 4.57. The zero-order valence-electron chi connectivity index (χ0n) is 15.3. The topological polar surface area (TPSA) is 99.8 Å². The number of nitrogens with zero attached hydrogens (tertiary/aromatic N) is 3. The molecular weight excluding hydrogens is 449 g/mol. The van der Waals surface area contributed by atoms with Crippen molar-refractivity contribution in [3.63, 3.8) is 0 Å². The molecule has 2 aromatic rings. The van der Waals surface area contributed by atoms with Crippen molar-refractivity contribution in [1.82, 2.24) is 0 Å². The number of carbonyl (C=O) groups excluding carboxylic acids is 3. The number of amides is 2. The summed E-state index contributed by atoms with van der Waals surface area (Å²) in [7, 11) is 1.18. The number of benzene rings is 2. The van der Waals surface area contributed by atoms with E-state index >= 15 is 0 Å². The minimum absolute atomic E-state index is 0.0240. The van der Waals surface area contributed by atoms with E-state index in [-0.39, 0.29) is 20.7 Å². The van der Waals surface area contributed by atoms with E-state index in [1.807, 2.05) is 6.07 Å². The molecule has 0 spiro atoms. The van der Waals surface area contributed by atoms with Gasteiger partial charge in [0.15, 0.2) is 5.17 Å². The highest BCUT2D eigenvalue weighted by atomic mass is 35.5. The third-order valence-corrected chi connectivity index (χ3v) is 5.39. The lowest BCUT2D eigenvalue weighted by atomic mass is 10.2. The van der Waals surface area contributed by atoms with E-state index in [1.165, 1.54) is 54.5 Å². The third kappa shape index (κ3) is 4.54. The Balaban J connectivity index is 2.05. The number of anilines is 1. The zero-order chi connectivity index (χ0) is 21.8. The first-order valence-electron chi connectivity index (χ1n) is 8.24. The fourth-order valence-corrected chi connectivity index (χ4v) is 3.87. The van der Waals surface area contributed by atoms with Crippen LogP contribution >= 0.6 is 35.0 Å². The summed E-state index contributed by atoms with van der Waals surface area (Å²) in [5, 5.41) is 9.47. The zero-order valence-corrected chi connectivity index (χ0v) is 17.6. The van der Waals surface area contributed by atoms with Crippen molar-refractivity contribution in [2.75, 3.05) is 12.0 Å². The van der Waals surface area contributed by atoms with Crippen molar-refractivity contribution in [2.45, 2.75) is 0 Å². The number of aliphatic imine (C=N–C) groups is 1. The Morgan fingerprint density at radius 2 is 1.90 bits per heavy atom. The maximum atomic E-state index is 12.9. The van der Waals surface area contributed by atoms with Crippen LogP contribution in [-0.2, 0) is 14.3 Å². The van der Waals surface area contributed by atoms with Crippen molar-refractivity contribution in [3.8, 4) is 6.07 Å². The number of hydrogen-bond donors (Lipinski definition) is 0. The fourth-order valence-electron chi connectivity index (χ4n) is 2.44. The molecule has 0 bridgehead atoms. The molecule has 0 saturated carbocycles. The number of hydrogen-bond acceptors (Lipinski definition) is 6. The molecule has 2 amide bonds. The van der Waals surface area contributed by atoms with Crippen molar-refractivity contribution < 1.29 is 19.1 Å². The molecular formula is C20H11Cl2N3O4S. The molecule has 0 unspecified atom stereocenters. The first kappa shape index (κ1) is 21.6. The van der Waals surface area contributed by atoms with E-state index in [2.05, 4.69) is 9.73 Å². The molecule has 1 heterocycles. The molecule has 1 aliphatic heterocycles. The van der Waals surface area contributed by atoms with Crippen LogP contribution in [0, 0.1) is 11.3 Å². The van der Waals surface area contributed by atoms with Crippen LogP contribution in [-0.4, -0.2) is 30.1 Å². The van der Waals surface area contributed by atoms with Crippen molar-refractivity contribution in [3.05, 3.63) is 74.6 Å². The molecule has 1 fully saturated rings. The first-order valence-corrected chi connectivity index (χ1v) is 9.81. The molecule has 7 nitrogen and oxygen atoms in total. The largest absolute Gasteiger partial charge is 0.466 e. The standard InChI is InChI=1S/C20H11Cl2N3O4S/c1-29-17(26)9-16-19(28)25(13-5-2-11(10-23)3-6-13)20(30-16)24-18(27)14-7-4-12(21)8-15(14)22/h2-9H,1H3. The molecule has 10 heteroatoms. The molecule has 30 heavy (non-hydrogen) atoms. The maximum absolute atomic E-state index is 12.9. The lowest BCUT2D eigenvalue weighted by molar-refractivity contribution is -0.135. The molecule has 0 N–H and O–H groups in total. The Kier molecular flexibility index (Phi) is 6.57. The van der Waals surface area contributed by atoms with Gasteiger partial charge >= 0.3 is 5.97 Å². The molecule has 2 aromatic carbocycles. The van der Waals surface area contributed by atoms with Crippen molar-refractivity contribution in [1.29, 1.82) is 5.26 Å². The molecule has 3 rings (SSSR count). The Hall–Kier alpha value is -3.12. The van der Waals surface area contributed by atoms with Gasteiger partial charge in [-0.05, 0) is 54.2 Å². The number of thioether (sulfide) groups is 1. The van der Waals surface area contributed by atoms with E-state index in [1.54, 1.807) is 0 Å². The van der Waals surface area contributed by atoms with Gasteiger partial charge in [-0.15, -0.1) is 0 Å². The Morgan fingerprint density at radius 1 is 1.20 bits per heavy atom. The Labute approximate surface area is 185 Å². The van der Waals surface area contributed by atoms with Gasteiger partial charge in [0, 0.05) is 11.1 Å². The van der Waals surface area contributed by atoms with Gasteiger partial charge in [-0.3, -0.25) is 14.5 Å². The second-order valence-electron chi connectivity index (χ2n) is 5.76. The normalized spacial score (nSPS) is 16.1. The van der Waals surface area contributed by atoms with Crippen LogP contribution in [0.5, 0.6) is 0 Å². The van der Waals surface area contributed by atoms with Crippen LogP contribution in [0.15, 0.2) is 58.4 Å². The molecule has 150 valence electrons. The van der Waals surface area contributed by atoms with Gasteiger partial charge in [-0.1, -0.05) is 23.2 Å². The highest BCUT2D eigenvalue weighted by Crippen LogP contribution is 2.35. The summed E-state index contributed by atoms with van der Waals surface area (Å²) in [6, 6.07) is 12.4. The second kappa shape index (κ2) is 9.13. The molecule has 0 radical (unpaired) electrons. The van der Waals surface area contributed by atoms with E-state index in [9.17, 15) is 14.4 Å². The van der Waals surface area contributed by atoms with Gasteiger partial charge in [0.2, 0.25) is 0 Å². The van der Waals surface area contributed by atoms with Gasteiger partial charge in [0.25, 0.3) is 11.8 Å². The predicted molar refractivity (Wildman–Crippen MR) is 115 cm³/mol. The third-order valence-electron chi connectivity index (χ3n) is 3.87. The average molecular weight is 460 g/mol. The van der Waals surface area contributed by atoms with Crippen LogP contribution in [0.2, 0.25) is 10.0 Å². The van der Waals surface area contributed by atoms with Crippen LogP contribution in [0.25, 0.3) is 0 Å². The monoisotopic (exact) mass is 459 g/mol. The summed E-state index contributed by atoms with van der Waals surface area (Å²) in [4.78, 5) is 42.4. The quantitative estimate of drug-likeness (QED) is 0.503. The summed E-state index contributed by atoms with van der Waals surface area (Å²) in [5.74, 6) is -1.98. The van der Waals surface area contributed by atoms with Gasteiger partial charge in [-0.2, -0.15) is 10.3 Å². The summed E-state index contributed by atoms with van der Waals surface area (Å²) in [5.41, 5.74) is 0.867. The van der Waals surface area contributed by atoms with E-state index in [0.717, 1.165) is 17.8 Å². The van der Waals surface area contributed by atoms with Crippen LogP contribution < -0.4 is 4.90 Å². The lowest BCUT2D eigenvalue weighted by Crippen LogP contribution is -2.29. The van der Waals surface area contributed by atoms with E-state index in [0.29, 0.717) is 16.3 Å². The highest BCUT2D eigenvalue weighted by molar-refractivity contribution is 8.19. The van der Waals surface area contributed by atoms with Crippen molar-refractivity contribution >= 4 is 63.6 Å². The van der Waals surface area contributed by atoms with Crippen LogP contribution in [0.3, 0.4) is 0 Å². The highest BCUT2D eigenvalue weighted by Gasteiger charge is 2.36. The first-order chi connectivity index (χ1) is 14.3. The number of methoxy groups -OCH3 is 1. The average Bonchev–Trinajstić information content (AvgIpc) is 3.02. The minimum atomic E-state index is -0.723. The van der Waals surface area contributed by atoms with Crippen LogP contribution in [0.1, 0.15) is 15.9 Å². The number of rotatable bonds is 3. The predicted octanol–water partition coefficient (Wildman–Crippen LogP) is 4.20. The van der Waals surface area contributed by atoms with Crippen LogP contribution in [0.4, 0.5) is 5.69 Å². The minimum Gasteiger partial charge on any atom is -0.466 e. The molecule has 1 saturated heterocycles. The number of nitriles is 1. The number of ether oxygens (including phenoxy) is 1.